The van der Waals surface area contributed by atoms with Crippen LogP contribution in [0.1, 0.15) is 25.6 Å². The predicted molar refractivity (Wildman–Crippen MR) is 97.8 cm³/mol. The molecule has 0 fully saturated rings. The first-order valence-electron chi connectivity index (χ1n) is 8.26. The lowest BCUT2D eigenvalue weighted by Gasteiger charge is -2.10. The van der Waals surface area contributed by atoms with E-state index in [-0.39, 0.29) is 0 Å². The normalized spacial score (nSPS) is 10.8. The molecule has 0 amide bonds. The van der Waals surface area contributed by atoms with E-state index in [0.717, 1.165) is 52.5 Å². The largest absolute Gasteiger partial charge is 0.497 e. The molecule has 0 unspecified atom stereocenters. The first-order chi connectivity index (χ1) is 12.2. The summed E-state index contributed by atoms with van der Waals surface area (Å²) in [6.07, 6.45) is 3.94. The van der Waals surface area contributed by atoms with Crippen molar-refractivity contribution in [1.82, 2.24) is 24.7 Å². The molecule has 25 heavy (non-hydrogen) atoms. The van der Waals surface area contributed by atoms with Crippen molar-refractivity contribution in [2.45, 2.75) is 43.4 Å². The fraction of sp³-hybridized carbons (Fsp3) is 0.333. The monoisotopic (exact) mass is 355 g/mol. The van der Waals surface area contributed by atoms with Gasteiger partial charge in [0, 0.05) is 18.3 Å². The van der Waals surface area contributed by atoms with Crippen molar-refractivity contribution >= 4 is 11.8 Å². The predicted octanol–water partition coefficient (Wildman–Crippen LogP) is 4.00. The molecule has 0 saturated carbocycles. The number of hydrogen-bond acceptors (Lipinski definition) is 6. The van der Waals surface area contributed by atoms with Crippen LogP contribution >= 0.6 is 11.8 Å². The van der Waals surface area contributed by atoms with Crippen LogP contribution in [0, 0.1) is 6.92 Å². The zero-order valence-corrected chi connectivity index (χ0v) is 15.5. The first-order valence-corrected chi connectivity index (χ1v) is 9.08. The van der Waals surface area contributed by atoms with Gasteiger partial charge in [-0.3, -0.25) is 0 Å². The number of aryl methyl sites for hydroxylation is 1. The van der Waals surface area contributed by atoms with Crippen molar-refractivity contribution in [3.63, 3.8) is 0 Å². The topological polar surface area (TPSA) is 65.7 Å². The van der Waals surface area contributed by atoms with Gasteiger partial charge in [0.2, 0.25) is 0 Å². The van der Waals surface area contributed by atoms with Crippen molar-refractivity contribution in [2.75, 3.05) is 7.11 Å². The molecule has 3 rings (SSSR count). The Morgan fingerprint density at radius 3 is 2.60 bits per heavy atom. The minimum Gasteiger partial charge on any atom is -0.497 e. The van der Waals surface area contributed by atoms with Gasteiger partial charge in [0.25, 0.3) is 0 Å². The lowest BCUT2D eigenvalue weighted by atomic mass is 10.2. The van der Waals surface area contributed by atoms with E-state index >= 15 is 0 Å². The van der Waals surface area contributed by atoms with Gasteiger partial charge in [0.05, 0.1) is 7.11 Å². The maximum atomic E-state index is 5.23. The van der Waals surface area contributed by atoms with Crippen LogP contribution in [0.15, 0.2) is 46.7 Å². The highest BCUT2D eigenvalue weighted by Gasteiger charge is 2.15. The minimum absolute atomic E-state index is 0.750. The highest BCUT2D eigenvalue weighted by atomic mass is 32.2. The molecule has 0 spiro atoms. The third kappa shape index (κ3) is 4.17. The zero-order valence-electron chi connectivity index (χ0n) is 14.6. The van der Waals surface area contributed by atoms with Gasteiger partial charge >= 0.3 is 0 Å². The van der Waals surface area contributed by atoms with Gasteiger partial charge in [-0.25, -0.2) is 9.97 Å². The Hall–Kier alpha value is -2.41. The molecular weight excluding hydrogens is 334 g/mol. The Labute approximate surface area is 151 Å². The molecule has 0 aliphatic carbocycles. The highest BCUT2D eigenvalue weighted by Crippen LogP contribution is 2.29. The molecule has 130 valence electrons. The van der Waals surface area contributed by atoms with Crippen molar-refractivity contribution in [1.29, 1.82) is 0 Å². The standard InChI is InChI=1S/C18H21N5OS/c1-4-5-12-23-17(14-6-8-15(24-3)9-7-14)21-22-18(23)25-16-10-11-19-13(2)20-16/h6-11H,4-5,12H2,1-3H3. The molecule has 2 aromatic heterocycles. The minimum atomic E-state index is 0.750. The summed E-state index contributed by atoms with van der Waals surface area (Å²) in [7, 11) is 1.66. The molecule has 2 heterocycles. The molecule has 0 aliphatic heterocycles. The molecule has 0 radical (unpaired) electrons. The maximum Gasteiger partial charge on any atom is 0.197 e. The lowest BCUT2D eigenvalue weighted by Crippen LogP contribution is -2.03. The number of unbranched alkanes of at least 4 members (excludes halogenated alkanes) is 1. The summed E-state index contributed by atoms with van der Waals surface area (Å²) in [6.45, 7) is 4.93. The number of ether oxygens (including phenoxy) is 1. The van der Waals surface area contributed by atoms with E-state index in [1.54, 1.807) is 13.3 Å². The summed E-state index contributed by atoms with van der Waals surface area (Å²) in [5.74, 6) is 2.44. The summed E-state index contributed by atoms with van der Waals surface area (Å²) < 4.78 is 7.39. The summed E-state index contributed by atoms with van der Waals surface area (Å²) >= 11 is 1.52. The second-order valence-corrected chi connectivity index (χ2v) is 6.57. The van der Waals surface area contributed by atoms with Gasteiger partial charge in [0.15, 0.2) is 11.0 Å². The molecule has 0 saturated heterocycles. The number of methoxy groups -OCH3 is 1. The van der Waals surface area contributed by atoms with Crippen LogP contribution in [0.4, 0.5) is 0 Å². The molecule has 3 aromatic rings. The quantitative estimate of drug-likeness (QED) is 0.597. The molecule has 0 N–H and O–H groups in total. The van der Waals surface area contributed by atoms with Crippen LogP contribution in [0.3, 0.4) is 0 Å². The number of benzene rings is 1. The molecular formula is C18H21N5OS. The van der Waals surface area contributed by atoms with Gasteiger partial charge < -0.3 is 9.30 Å². The summed E-state index contributed by atoms with van der Waals surface area (Å²) in [4.78, 5) is 8.59. The van der Waals surface area contributed by atoms with Crippen LogP contribution in [-0.2, 0) is 6.54 Å². The fourth-order valence-corrected chi connectivity index (χ4v) is 3.28. The van der Waals surface area contributed by atoms with Crippen molar-refractivity contribution in [3.05, 3.63) is 42.4 Å². The Bertz CT molecular complexity index is 832. The smallest absolute Gasteiger partial charge is 0.197 e. The van der Waals surface area contributed by atoms with E-state index in [0.29, 0.717) is 0 Å². The molecule has 6 nitrogen and oxygen atoms in total. The third-order valence-corrected chi connectivity index (χ3v) is 4.67. The van der Waals surface area contributed by atoms with Crippen molar-refractivity contribution in [2.24, 2.45) is 0 Å². The van der Waals surface area contributed by atoms with Gasteiger partial charge in [0.1, 0.15) is 16.6 Å². The summed E-state index contributed by atoms with van der Waals surface area (Å²) in [6, 6.07) is 9.79. The van der Waals surface area contributed by atoms with Crippen LogP contribution in [0.5, 0.6) is 5.75 Å². The van der Waals surface area contributed by atoms with Gasteiger partial charge in [-0.1, -0.05) is 13.3 Å². The Morgan fingerprint density at radius 2 is 1.92 bits per heavy atom. The van der Waals surface area contributed by atoms with Crippen LogP contribution in [0.25, 0.3) is 11.4 Å². The maximum absolute atomic E-state index is 5.23. The van der Waals surface area contributed by atoms with Crippen LogP contribution in [-0.4, -0.2) is 31.8 Å². The van der Waals surface area contributed by atoms with Crippen LogP contribution in [0.2, 0.25) is 0 Å². The van der Waals surface area contributed by atoms with E-state index in [9.17, 15) is 0 Å². The summed E-state index contributed by atoms with van der Waals surface area (Å²) in [5.41, 5.74) is 1.02. The zero-order chi connectivity index (χ0) is 17.6. The molecule has 0 atom stereocenters. The second kappa shape index (κ2) is 8.11. The number of aromatic nitrogens is 5. The molecule has 0 bridgehead atoms. The number of nitrogens with zero attached hydrogens (tertiary/aromatic N) is 5. The van der Waals surface area contributed by atoms with Crippen molar-refractivity contribution < 1.29 is 4.74 Å². The first kappa shape index (κ1) is 17.4. The Morgan fingerprint density at radius 1 is 1.12 bits per heavy atom. The number of hydrogen-bond donors (Lipinski definition) is 0. The van der Waals surface area contributed by atoms with Crippen LogP contribution < -0.4 is 4.74 Å². The number of rotatable bonds is 7. The Kier molecular flexibility index (Phi) is 5.65. The van der Waals surface area contributed by atoms with E-state index < -0.39 is 0 Å². The third-order valence-electron chi connectivity index (χ3n) is 3.75. The van der Waals surface area contributed by atoms with Crippen molar-refractivity contribution in [3.8, 4) is 17.1 Å². The lowest BCUT2D eigenvalue weighted by molar-refractivity contribution is 0.415. The fourth-order valence-electron chi connectivity index (χ4n) is 2.42. The van der Waals surface area contributed by atoms with E-state index in [4.69, 9.17) is 4.74 Å². The van der Waals surface area contributed by atoms with E-state index in [2.05, 4.69) is 31.7 Å². The van der Waals surface area contributed by atoms with Gasteiger partial charge in [-0.2, -0.15) is 0 Å². The van der Waals surface area contributed by atoms with Gasteiger partial charge in [-0.15, -0.1) is 10.2 Å². The highest BCUT2D eigenvalue weighted by molar-refractivity contribution is 7.99. The average Bonchev–Trinajstić information content (AvgIpc) is 3.02. The SMILES string of the molecule is CCCCn1c(Sc2ccnc(C)n2)nnc1-c1ccc(OC)cc1. The second-order valence-electron chi connectivity index (χ2n) is 5.58. The van der Waals surface area contributed by atoms with E-state index in [1.165, 1.54) is 11.8 Å². The van der Waals surface area contributed by atoms with Gasteiger partial charge in [-0.05, 0) is 55.4 Å². The average molecular weight is 355 g/mol. The molecule has 0 aliphatic rings. The summed E-state index contributed by atoms with van der Waals surface area (Å²) in [5, 5.41) is 10.5. The molecule has 1 aromatic carbocycles. The Balaban J connectivity index is 1.94. The molecule has 7 heteroatoms. The van der Waals surface area contributed by atoms with E-state index in [1.807, 2.05) is 37.3 Å².